The molecule has 1 aliphatic carbocycles. The fourth-order valence-electron chi connectivity index (χ4n) is 1.53. The number of hydrogen-bond donors (Lipinski definition) is 2. The number of hydrogen-bond acceptors (Lipinski definition) is 2. The average molecular weight is 185 g/mol. The smallest absolute Gasteiger partial charge is 0.0234 e. The molecule has 2 nitrogen and oxygen atoms in total. The lowest BCUT2D eigenvalue weighted by Gasteiger charge is -2.08. The highest BCUT2D eigenvalue weighted by Gasteiger charge is 2.50. The highest BCUT2D eigenvalue weighted by molar-refractivity contribution is 5.85. The Labute approximate surface area is 73.7 Å². The average Bonchev–Trinajstić information content (AvgIpc) is 2.39. The zero-order valence-electron chi connectivity index (χ0n) is 5.80. The molecule has 2 rings (SSSR count). The molecule has 62 valence electrons. The summed E-state index contributed by atoms with van der Waals surface area (Å²) in [6.45, 7) is 2.22. The van der Waals surface area contributed by atoms with Gasteiger partial charge in [-0.05, 0) is 18.3 Å². The van der Waals surface area contributed by atoms with Gasteiger partial charge in [-0.25, -0.2) is 0 Å². The normalized spacial score (nSPS) is 32.7. The van der Waals surface area contributed by atoms with Gasteiger partial charge in [-0.3, -0.25) is 0 Å². The predicted molar refractivity (Wildman–Crippen MR) is 47.0 cm³/mol. The van der Waals surface area contributed by atoms with Gasteiger partial charge in [-0.2, -0.15) is 0 Å². The molecule has 4 heteroatoms. The van der Waals surface area contributed by atoms with Crippen LogP contribution in [0.25, 0.3) is 0 Å². The van der Waals surface area contributed by atoms with Crippen LogP contribution in [0.4, 0.5) is 0 Å². The van der Waals surface area contributed by atoms with Crippen molar-refractivity contribution in [3.05, 3.63) is 0 Å². The Kier molecular flexibility index (Phi) is 3.43. The lowest BCUT2D eigenvalue weighted by Crippen LogP contribution is -2.29. The molecule has 1 saturated heterocycles. The van der Waals surface area contributed by atoms with Crippen molar-refractivity contribution in [2.45, 2.75) is 18.9 Å². The highest BCUT2D eigenvalue weighted by Crippen LogP contribution is 2.49. The van der Waals surface area contributed by atoms with E-state index in [2.05, 4.69) is 5.32 Å². The van der Waals surface area contributed by atoms with Gasteiger partial charge >= 0.3 is 0 Å². The van der Waals surface area contributed by atoms with Crippen LogP contribution in [0.5, 0.6) is 0 Å². The largest absolute Gasteiger partial charge is 0.326 e. The minimum atomic E-state index is 0. The summed E-state index contributed by atoms with van der Waals surface area (Å²) in [6, 6.07) is 0.461. The lowest BCUT2D eigenvalue weighted by molar-refractivity contribution is 0.498. The standard InChI is InChI=1S/C6H12N2.2ClH/c7-5-3-8-4-6(5)1-2-6;;/h5,8H,1-4,7H2;2*1H. The van der Waals surface area contributed by atoms with Gasteiger partial charge in [-0.1, -0.05) is 0 Å². The van der Waals surface area contributed by atoms with Crippen molar-refractivity contribution in [3.63, 3.8) is 0 Å². The van der Waals surface area contributed by atoms with Gasteiger partial charge in [0.15, 0.2) is 0 Å². The summed E-state index contributed by atoms with van der Waals surface area (Å²) < 4.78 is 0. The van der Waals surface area contributed by atoms with E-state index in [1.807, 2.05) is 0 Å². The maximum atomic E-state index is 5.81. The molecule has 2 fully saturated rings. The molecule has 1 saturated carbocycles. The SMILES string of the molecule is Cl.Cl.NC1CNCC12CC2. The number of nitrogens with one attached hydrogen (secondary N) is 1. The van der Waals surface area contributed by atoms with Crippen LogP contribution >= 0.6 is 24.8 Å². The first-order valence-corrected chi connectivity index (χ1v) is 3.30. The van der Waals surface area contributed by atoms with Gasteiger partial charge in [0.25, 0.3) is 0 Å². The fraction of sp³-hybridized carbons (Fsp3) is 1.00. The molecular weight excluding hydrogens is 171 g/mol. The highest BCUT2D eigenvalue weighted by atomic mass is 35.5. The van der Waals surface area contributed by atoms with Gasteiger partial charge < -0.3 is 11.1 Å². The van der Waals surface area contributed by atoms with E-state index in [9.17, 15) is 0 Å². The van der Waals surface area contributed by atoms with Gasteiger partial charge in [0.2, 0.25) is 0 Å². The molecule has 1 atom stereocenters. The zero-order valence-corrected chi connectivity index (χ0v) is 7.43. The lowest BCUT2D eigenvalue weighted by atomic mass is 10.0. The predicted octanol–water partition coefficient (Wildman–Crippen LogP) is 0.541. The van der Waals surface area contributed by atoms with Crippen molar-refractivity contribution < 1.29 is 0 Å². The second kappa shape index (κ2) is 3.26. The minimum absolute atomic E-state index is 0. The van der Waals surface area contributed by atoms with E-state index in [0.29, 0.717) is 11.5 Å². The van der Waals surface area contributed by atoms with Gasteiger partial charge in [0.05, 0.1) is 0 Å². The van der Waals surface area contributed by atoms with E-state index < -0.39 is 0 Å². The van der Waals surface area contributed by atoms with Crippen LogP contribution in [-0.2, 0) is 0 Å². The Morgan fingerprint density at radius 1 is 1.30 bits per heavy atom. The van der Waals surface area contributed by atoms with Crippen molar-refractivity contribution in [3.8, 4) is 0 Å². The van der Waals surface area contributed by atoms with E-state index in [1.54, 1.807) is 0 Å². The first-order valence-electron chi connectivity index (χ1n) is 3.30. The van der Waals surface area contributed by atoms with E-state index >= 15 is 0 Å². The summed E-state index contributed by atoms with van der Waals surface area (Å²) in [6.07, 6.45) is 2.72. The summed E-state index contributed by atoms with van der Waals surface area (Å²) in [4.78, 5) is 0. The molecule has 0 amide bonds. The third-order valence-corrected chi connectivity index (χ3v) is 2.52. The van der Waals surface area contributed by atoms with Crippen LogP contribution in [0.15, 0.2) is 0 Å². The topological polar surface area (TPSA) is 38.0 Å². The summed E-state index contributed by atoms with van der Waals surface area (Å²) in [7, 11) is 0. The third kappa shape index (κ3) is 1.40. The van der Waals surface area contributed by atoms with Crippen molar-refractivity contribution in [2.24, 2.45) is 11.1 Å². The quantitative estimate of drug-likeness (QED) is 0.578. The molecule has 10 heavy (non-hydrogen) atoms. The van der Waals surface area contributed by atoms with Crippen molar-refractivity contribution in [1.82, 2.24) is 5.32 Å². The van der Waals surface area contributed by atoms with Crippen molar-refractivity contribution in [2.75, 3.05) is 13.1 Å². The van der Waals surface area contributed by atoms with Crippen LogP contribution < -0.4 is 11.1 Å². The van der Waals surface area contributed by atoms with Crippen LogP contribution in [0.2, 0.25) is 0 Å². The van der Waals surface area contributed by atoms with Crippen LogP contribution in [0.3, 0.4) is 0 Å². The molecule has 0 aromatic heterocycles. The van der Waals surface area contributed by atoms with E-state index in [0.717, 1.165) is 6.54 Å². The van der Waals surface area contributed by atoms with Crippen LogP contribution in [0, 0.1) is 5.41 Å². The van der Waals surface area contributed by atoms with E-state index in [4.69, 9.17) is 5.73 Å². The summed E-state index contributed by atoms with van der Waals surface area (Å²) in [5.74, 6) is 0. The maximum absolute atomic E-state index is 5.81. The maximum Gasteiger partial charge on any atom is 0.0234 e. The molecule has 0 aromatic carbocycles. The molecule has 1 unspecified atom stereocenters. The van der Waals surface area contributed by atoms with Crippen molar-refractivity contribution >= 4 is 24.8 Å². The first kappa shape index (κ1) is 10.5. The van der Waals surface area contributed by atoms with E-state index in [-0.39, 0.29) is 24.8 Å². The Morgan fingerprint density at radius 3 is 2.10 bits per heavy atom. The van der Waals surface area contributed by atoms with Crippen LogP contribution in [0.1, 0.15) is 12.8 Å². The van der Waals surface area contributed by atoms with Gasteiger partial charge in [0, 0.05) is 19.1 Å². The summed E-state index contributed by atoms with van der Waals surface area (Å²) in [5.41, 5.74) is 6.38. The first-order chi connectivity index (χ1) is 3.83. The molecule has 1 heterocycles. The number of halogens is 2. The van der Waals surface area contributed by atoms with Gasteiger partial charge in [0.1, 0.15) is 0 Å². The number of rotatable bonds is 0. The van der Waals surface area contributed by atoms with Gasteiger partial charge in [-0.15, -0.1) is 24.8 Å². The summed E-state index contributed by atoms with van der Waals surface area (Å²) in [5, 5.41) is 3.30. The molecule has 0 bridgehead atoms. The van der Waals surface area contributed by atoms with Crippen LogP contribution in [-0.4, -0.2) is 19.1 Å². The second-order valence-corrected chi connectivity index (χ2v) is 3.10. The molecule has 3 N–H and O–H groups in total. The second-order valence-electron chi connectivity index (χ2n) is 3.10. The third-order valence-electron chi connectivity index (χ3n) is 2.52. The minimum Gasteiger partial charge on any atom is -0.326 e. The van der Waals surface area contributed by atoms with E-state index in [1.165, 1.54) is 19.4 Å². The monoisotopic (exact) mass is 184 g/mol. The molecule has 1 spiro atoms. The molecular formula is C6H14Cl2N2. The van der Waals surface area contributed by atoms with Crippen molar-refractivity contribution in [1.29, 1.82) is 0 Å². The Morgan fingerprint density at radius 2 is 1.90 bits per heavy atom. The molecule has 2 aliphatic rings. The zero-order chi connectivity index (χ0) is 5.61. The Balaban J connectivity index is 0.000000405. The fourth-order valence-corrected chi connectivity index (χ4v) is 1.53. The molecule has 0 aromatic rings. The molecule has 1 aliphatic heterocycles. The summed E-state index contributed by atoms with van der Waals surface area (Å²) >= 11 is 0. The number of nitrogens with two attached hydrogens (primary N) is 1. The Hall–Kier alpha value is 0.500. The molecule has 0 radical (unpaired) electrons. The Bertz CT molecular complexity index is 114.